The van der Waals surface area contributed by atoms with Crippen LogP contribution in [0.5, 0.6) is 0 Å². The van der Waals surface area contributed by atoms with Gasteiger partial charge in [-0.2, -0.15) is 0 Å². The van der Waals surface area contributed by atoms with E-state index < -0.39 is 12.0 Å². The molecule has 4 heteroatoms. The maximum Gasteiger partial charge on any atom is 0.321 e. The number of carboxylic acids is 1. The molecule has 19 heavy (non-hydrogen) atoms. The summed E-state index contributed by atoms with van der Waals surface area (Å²) in [4.78, 5) is 15.8. The Labute approximate surface area is 114 Å². The zero-order chi connectivity index (χ0) is 13.8. The lowest BCUT2D eigenvalue weighted by Gasteiger charge is -2.36. The van der Waals surface area contributed by atoms with E-state index in [1.54, 1.807) is 0 Å². The minimum absolute atomic E-state index is 0.406. The SMILES string of the molecule is Cc1ccc(C[C@@H](C(=O)O)N2CCN(C)CC2)cc1. The molecular formula is C15H22N2O2. The lowest BCUT2D eigenvalue weighted by molar-refractivity contribution is -0.144. The molecule has 1 heterocycles. The zero-order valence-electron chi connectivity index (χ0n) is 11.7. The van der Waals surface area contributed by atoms with E-state index in [1.165, 1.54) is 5.56 Å². The molecule has 0 aromatic heterocycles. The van der Waals surface area contributed by atoms with Gasteiger partial charge in [-0.05, 0) is 26.0 Å². The summed E-state index contributed by atoms with van der Waals surface area (Å²) in [5.74, 6) is -0.717. The van der Waals surface area contributed by atoms with Gasteiger partial charge in [-0.3, -0.25) is 9.69 Å². The van der Waals surface area contributed by atoms with Gasteiger partial charge < -0.3 is 10.0 Å². The number of likely N-dealkylation sites (N-methyl/N-ethyl adjacent to an activating group) is 1. The highest BCUT2D eigenvalue weighted by molar-refractivity contribution is 5.74. The van der Waals surface area contributed by atoms with E-state index in [9.17, 15) is 9.90 Å². The monoisotopic (exact) mass is 262 g/mol. The van der Waals surface area contributed by atoms with Crippen LogP contribution in [0, 0.1) is 6.92 Å². The second-order valence-electron chi connectivity index (χ2n) is 5.38. The van der Waals surface area contributed by atoms with Gasteiger partial charge in [0.05, 0.1) is 0 Å². The minimum Gasteiger partial charge on any atom is -0.480 e. The molecule has 0 unspecified atom stereocenters. The van der Waals surface area contributed by atoms with Crippen molar-refractivity contribution in [2.75, 3.05) is 33.2 Å². The lowest BCUT2D eigenvalue weighted by Crippen LogP contribution is -2.52. The summed E-state index contributed by atoms with van der Waals surface area (Å²) in [5.41, 5.74) is 2.30. The van der Waals surface area contributed by atoms with Gasteiger partial charge in [-0.1, -0.05) is 29.8 Å². The molecule has 0 radical (unpaired) electrons. The second-order valence-corrected chi connectivity index (χ2v) is 5.38. The van der Waals surface area contributed by atoms with Gasteiger partial charge >= 0.3 is 5.97 Å². The number of nitrogens with zero attached hydrogens (tertiary/aromatic N) is 2. The Kier molecular flexibility index (Phi) is 4.56. The molecule has 1 aromatic carbocycles. The van der Waals surface area contributed by atoms with Crippen molar-refractivity contribution >= 4 is 5.97 Å². The molecule has 0 bridgehead atoms. The number of benzene rings is 1. The third kappa shape index (κ3) is 3.78. The number of carbonyl (C=O) groups is 1. The average Bonchev–Trinajstić information content (AvgIpc) is 2.39. The van der Waals surface area contributed by atoms with Crippen LogP contribution in [0.25, 0.3) is 0 Å². The van der Waals surface area contributed by atoms with E-state index >= 15 is 0 Å². The number of hydrogen-bond donors (Lipinski definition) is 1. The molecular weight excluding hydrogens is 240 g/mol. The molecule has 0 spiro atoms. The molecule has 1 saturated heterocycles. The predicted octanol–water partition coefficient (Wildman–Crippen LogP) is 1.24. The largest absolute Gasteiger partial charge is 0.480 e. The van der Waals surface area contributed by atoms with Crippen molar-refractivity contribution in [3.8, 4) is 0 Å². The first-order valence-electron chi connectivity index (χ1n) is 6.77. The summed E-state index contributed by atoms with van der Waals surface area (Å²) in [6, 6.07) is 7.73. The number of aliphatic carboxylic acids is 1. The van der Waals surface area contributed by atoms with Crippen molar-refractivity contribution in [2.24, 2.45) is 0 Å². The number of hydrogen-bond acceptors (Lipinski definition) is 3. The van der Waals surface area contributed by atoms with Crippen LogP contribution in [0.15, 0.2) is 24.3 Å². The summed E-state index contributed by atoms with van der Waals surface area (Å²) >= 11 is 0. The maximum absolute atomic E-state index is 11.5. The molecule has 0 saturated carbocycles. The van der Waals surface area contributed by atoms with Crippen LogP contribution in [0.4, 0.5) is 0 Å². The first-order valence-corrected chi connectivity index (χ1v) is 6.77. The van der Waals surface area contributed by atoms with Crippen LogP contribution < -0.4 is 0 Å². The Bertz CT molecular complexity index is 422. The topological polar surface area (TPSA) is 43.8 Å². The number of rotatable bonds is 4. The fourth-order valence-corrected chi connectivity index (χ4v) is 2.45. The highest BCUT2D eigenvalue weighted by Crippen LogP contribution is 2.13. The summed E-state index contributed by atoms with van der Waals surface area (Å²) in [7, 11) is 2.08. The second kappa shape index (κ2) is 6.17. The quantitative estimate of drug-likeness (QED) is 0.886. The van der Waals surface area contributed by atoms with Gasteiger partial charge in [0.2, 0.25) is 0 Å². The van der Waals surface area contributed by atoms with E-state index in [0.29, 0.717) is 6.42 Å². The van der Waals surface area contributed by atoms with E-state index in [0.717, 1.165) is 31.7 Å². The average molecular weight is 262 g/mol. The zero-order valence-corrected chi connectivity index (χ0v) is 11.7. The van der Waals surface area contributed by atoms with Crippen molar-refractivity contribution in [3.63, 3.8) is 0 Å². The molecule has 0 aliphatic carbocycles. The third-order valence-electron chi connectivity index (χ3n) is 3.81. The number of carboxylic acid groups (broad SMARTS) is 1. The van der Waals surface area contributed by atoms with Crippen molar-refractivity contribution in [3.05, 3.63) is 35.4 Å². The van der Waals surface area contributed by atoms with Crippen molar-refractivity contribution in [1.82, 2.24) is 9.80 Å². The number of aryl methyl sites for hydroxylation is 1. The molecule has 0 amide bonds. The molecule has 4 nitrogen and oxygen atoms in total. The maximum atomic E-state index is 11.5. The van der Waals surface area contributed by atoms with Crippen LogP contribution in [0.1, 0.15) is 11.1 Å². The fraction of sp³-hybridized carbons (Fsp3) is 0.533. The molecule has 1 aliphatic rings. The van der Waals surface area contributed by atoms with Gasteiger partial charge in [0.15, 0.2) is 0 Å². The normalized spacial score (nSPS) is 19.3. The Morgan fingerprint density at radius 3 is 2.32 bits per heavy atom. The van der Waals surface area contributed by atoms with E-state index in [-0.39, 0.29) is 0 Å². The Balaban J connectivity index is 2.04. The van der Waals surface area contributed by atoms with Gasteiger partial charge in [-0.15, -0.1) is 0 Å². The Hall–Kier alpha value is -1.39. The summed E-state index contributed by atoms with van der Waals surface area (Å²) in [5, 5.41) is 9.45. The summed E-state index contributed by atoms with van der Waals surface area (Å²) in [6.07, 6.45) is 0.583. The standard InChI is InChI=1S/C15H22N2O2/c1-12-3-5-13(6-4-12)11-14(15(18)19)17-9-7-16(2)8-10-17/h3-6,14H,7-11H2,1-2H3,(H,18,19)/t14-/m0/s1. The van der Waals surface area contributed by atoms with Gasteiger partial charge in [0, 0.05) is 26.2 Å². The molecule has 104 valence electrons. The summed E-state index contributed by atoms with van der Waals surface area (Å²) < 4.78 is 0. The van der Waals surface area contributed by atoms with Crippen LogP contribution in [-0.4, -0.2) is 60.1 Å². The molecule has 1 aromatic rings. The van der Waals surface area contributed by atoms with Crippen molar-refractivity contribution in [1.29, 1.82) is 0 Å². The molecule has 1 atom stereocenters. The minimum atomic E-state index is -0.717. The van der Waals surface area contributed by atoms with E-state index in [2.05, 4.69) is 16.8 Å². The Morgan fingerprint density at radius 2 is 1.79 bits per heavy atom. The van der Waals surface area contributed by atoms with Crippen LogP contribution in [0.3, 0.4) is 0 Å². The highest BCUT2D eigenvalue weighted by atomic mass is 16.4. The van der Waals surface area contributed by atoms with Gasteiger partial charge in [-0.25, -0.2) is 0 Å². The summed E-state index contributed by atoms with van der Waals surface area (Å²) in [6.45, 7) is 5.59. The van der Waals surface area contributed by atoms with Crippen molar-refractivity contribution < 1.29 is 9.90 Å². The fourth-order valence-electron chi connectivity index (χ4n) is 2.45. The van der Waals surface area contributed by atoms with Crippen LogP contribution in [0.2, 0.25) is 0 Å². The van der Waals surface area contributed by atoms with Crippen LogP contribution >= 0.6 is 0 Å². The lowest BCUT2D eigenvalue weighted by atomic mass is 10.0. The number of piperazine rings is 1. The first-order chi connectivity index (χ1) is 9.06. The van der Waals surface area contributed by atoms with Gasteiger partial charge in [0.25, 0.3) is 0 Å². The molecule has 1 fully saturated rings. The Morgan fingerprint density at radius 1 is 1.21 bits per heavy atom. The first kappa shape index (κ1) is 14.0. The van der Waals surface area contributed by atoms with Crippen LogP contribution in [-0.2, 0) is 11.2 Å². The van der Waals surface area contributed by atoms with E-state index in [4.69, 9.17) is 0 Å². The third-order valence-corrected chi connectivity index (χ3v) is 3.81. The van der Waals surface area contributed by atoms with Gasteiger partial charge in [0.1, 0.15) is 6.04 Å². The predicted molar refractivity (Wildman–Crippen MR) is 75.4 cm³/mol. The van der Waals surface area contributed by atoms with E-state index in [1.807, 2.05) is 31.2 Å². The molecule has 2 rings (SSSR count). The molecule has 1 aliphatic heterocycles. The van der Waals surface area contributed by atoms with Crippen molar-refractivity contribution in [2.45, 2.75) is 19.4 Å². The highest BCUT2D eigenvalue weighted by Gasteiger charge is 2.28. The molecule has 1 N–H and O–H groups in total. The smallest absolute Gasteiger partial charge is 0.321 e.